The van der Waals surface area contributed by atoms with Gasteiger partial charge in [0.05, 0.1) is 13.5 Å². The number of hydrogen-bond acceptors (Lipinski definition) is 2. The van der Waals surface area contributed by atoms with E-state index in [1.807, 2.05) is 25.1 Å². The maximum Gasteiger partial charge on any atom is 0.390 e. The Balaban J connectivity index is 2.67. The highest BCUT2D eigenvalue weighted by atomic mass is 19.4. The van der Waals surface area contributed by atoms with Crippen molar-refractivity contribution in [2.75, 3.05) is 7.11 Å². The Morgan fingerprint density at radius 1 is 1.22 bits per heavy atom. The van der Waals surface area contributed by atoms with E-state index in [4.69, 9.17) is 4.74 Å². The van der Waals surface area contributed by atoms with E-state index in [0.29, 0.717) is 5.75 Å². The Hall–Kier alpha value is -1.23. The van der Waals surface area contributed by atoms with Gasteiger partial charge in [0.1, 0.15) is 5.75 Å². The third-order valence-corrected chi connectivity index (χ3v) is 2.68. The van der Waals surface area contributed by atoms with Crippen molar-refractivity contribution in [3.63, 3.8) is 0 Å². The van der Waals surface area contributed by atoms with Crippen molar-refractivity contribution in [1.29, 1.82) is 0 Å². The molecular formula is C13H18F3NO. The van der Waals surface area contributed by atoms with Gasteiger partial charge in [-0.2, -0.15) is 13.2 Å². The largest absolute Gasteiger partial charge is 0.496 e. The van der Waals surface area contributed by atoms with Gasteiger partial charge in [0.25, 0.3) is 0 Å². The molecule has 0 aromatic heterocycles. The van der Waals surface area contributed by atoms with Crippen LogP contribution < -0.4 is 10.1 Å². The van der Waals surface area contributed by atoms with Crippen molar-refractivity contribution >= 4 is 0 Å². The predicted octanol–water partition coefficient (Wildman–Crippen LogP) is 3.69. The van der Waals surface area contributed by atoms with E-state index < -0.39 is 18.6 Å². The fourth-order valence-electron chi connectivity index (χ4n) is 1.95. The van der Waals surface area contributed by atoms with Crippen LogP contribution in [0.1, 0.15) is 31.9 Å². The minimum absolute atomic E-state index is 0.196. The lowest BCUT2D eigenvalue weighted by Crippen LogP contribution is -2.33. The second-order valence-electron chi connectivity index (χ2n) is 4.35. The van der Waals surface area contributed by atoms with Gasteiger partial charge in [-0.25, -0.2) is 0 Å². The summed E-state index contributed by atoms with van der Waals surface area (Å²) in [5.41, 5.74) is 0.856. The van der Waals surface area contributed by atoms with Crippen LogP contribution in [0.5, 0.6) is 5.75 Å². The van der Waals surface area contributed by atoms with Crippen LogP contribution in [0, 0.1) is 0 Å². The summed E-state index contributed by atoms with van der Waals surface area (Å²) in [5, 5.41) is 2.93. The van der Waals surface area contributed by atoms with Gasteiger partial charge in [-0.05, 0) is 19.9 Å². The molecule has 18 heavy (non-hydrogen) atoms. The van der Waals surface area contributed by atoms with Gasteiger partial charge in [0.2, 0.25) is 0 Å². The first-order valence-electron chi connectivity index (χ1n) is 5.79. The van der Waals surface area contributed by atoms with Crippen LogP contribution >= 0.6 is 0 Å². The van der Waals surface area contributed by atoms with Gasteiger partial charge in [0.15, 0.2) is 0 Å². The minimum atomic E-state index is -4.15. The monoisotopic (exact) mass is 261 g/mol. The number of halogens is 3. The molecule has 0 heterocycles. The van der Waals surface area contributed by atoms with E-state index in [2.05, 4.69) is 5.32 Å². The number of hydrogen-bond donors (Lipinski definition) is 1. The molecule has 5 heteroatoms. The maximum atomic E-state index is 12.2. The summed E-state index contributed by atoms with van der Waals surface area (Å²) in [7, 11) is 1.55. The minimum Gasteiger partial charge on any atom is -0.496 e. The smallest absolute Gasteiger partial charge is 0.390 e. The molecule has 102 valence electrons. The summed E-state index contributed by atoms with van der Waals surface area (Å²) in [6, 6.07) is 6.47. The lowest BCUT2D eigenvalue weighted by atomic mass is 10.1. The van der Waals surface area contributed by atoms with Crippen molar-refractivity contribution in [1.82, 2.24) is 5.32 Å². The molecule has 2 nitrogen and oxygen atoms in total. The molecule has 1 rings (SSSR count). The fraction of sp³-hybridized carbons (Fsp3) is 0.538. The first-order chi connectivity index (χ1) is 8.33. The van der Waals surface area contributed by atoms with Gasteiger partial charge >= 0.3 is 6.18 Å². The summed E-state index contributed by atoms with van der Waals surface area (Å²) < 4.78 is 41.9. The molecule has 0 saturated carbocycles. The molecule has 0 saturated heterocycles. The van der Waals surface area contributed by atoms with Gasteiger partial charge < -0.3 is 10.1 Å². The molecular weight excluding hydrogens is 243 g/mol. The van der Waals surface area contributed by atoms with Crippen LogP contribution in [0.15, 0.2) is 24.3 Å². The zero-order valence-corrected chi connectivity index (χ0v) is 10.7. The average molecular weight is 261 g/mol. The summed E-state index contributed by atoms with van der Waals surface area (Å²) in [5.74, 6) is 0.678. The van der Waals surface area contributed by atoms with Crippen LogP contribution in [0.2, 0.25) is 0 Å². The summed E-state index contributed by atoms with van der Waals surface area (Å²) in [4.78, 5) is 0. The zero-order chi connectivity index (χ0) is 13.8. The van der Waals surface area contributed by atoms with Gasteiger partial charge in [-0.3, -0.25) is 0 Å². The third-order valence-electron chi connectivity index (χ3n) is 2.68. The first-order valence-corrected chi connectivity index (χ1v) is 5.79. The first kappa shape index (κ1) is 14.8. The highest BCUT2D eigenvalue weighted by molar-refractivity contribution is 5.35. The average Bonchev–Trinajstić information content (AvgIpc) is 2.26. The van der Waals surface area contributed by atoms with Crippen molar-refractivity contribution in [3.8, 4) is 5.75 Å². The van der Waals surface area contributed by atoms with Crippen LogP contribution in [0.3, 0.4) is 0 Å². The third kappa shape index (κ3) is 4.56. The summed E-state index contributed by atoms with van der Waals surface area (Å²) in [6.07, 6.45) is -4.99. The normalized spacial score (nSPS) is 15.2. The van der Waals surface area contributed by atoms with E-state index in [0.717, 1.165) is 5.56 Å². The van der Waals surface area contributed by atoms with E-state index in [1.54, 1.807) is 13.2 Å². The molecule has 0 spiro atoms. The molecule has 0 amide bonds. The molecule has 0 aliphatic carbocycles. The van der Waals surface area contributed by atoms with Gasteiger partial charge in [-0.1, -0.05) is 18.2 Å². The van der Waals surface area contributed by atoms with Crippen molar-refractivity contribution in [2.24, 2.45) is 0 Å². The van der Waals surface area contributed by atoms with E-state index in [1.165, 1.54) is 6.92 Å². The van der Waals surface area contributed by atoms with Crippen LogP contribution in [-0.2, 0) is 0 Å². The molecule has 1 N–H and O–H groups in total. The van der Waals surface area contributed by atoms with E-state index in [9.17, 15) is 13.2 Å². The van der Waals surface area contributed by atoms with Crippen LogP contribution in [0.25, 0.3) is 0 Å². The number of benzene rings is 1. The van der Waals surface area contributed by atoms with Crippen molar-refractivity contribution in [2.45, 2.75) is 38.5 Å². The second-order valence-corrected chi connectivity index (χ2v) is 4.35. The molecule has 0 fully saturated rings. The molecule has 0 aliphatic heterocycles. The molecule has 0 aliphatic rings. The Labute approximate surface area is 105 Å². The number of ether oxygens (including phenoxy) is 1. The predicted molar refractivity (Wildman–Crippen MR) is 64.7 cm³/mol. The highest BCUT2D eigenvalue weighted by Gasteiger charge is 2.30. The Morgan fingerprint density at radius 3 is 2.39 bits per heavy atom. The number of para-hydroxylation sites is 1. The van der Waals surface area contributed by atoms with Crippen LogP contribution in [-0.4, -0.2) is 19.3 Å². The quantitative estimate of drug-likeness (QED) is 0.872. The fourth-order valence-corrected chi connectivity index (χ4v) is 1.95. The highest BCUT2D eigenvalue weighted by Crippen LogP contribution is 2.27. The number of methoxy groups -OCH3 is 1. The topological polar surface area (TPSA) is 21.3 Å². The van der Waals surface area contributed by atoms with Crippen molar-refractivity contribution in [3.05, 3.63) is 29.8 Å². The van der Waals surface area contributed by atoms with E-state index >= 15 is 0 Å². The molecule has 2 unspecified atom stereocenters. The summed E-state index contributed by atoms with van der Waals surface area (Å²) in [6.45, 7) is 3.35. The molecule has 2 atom stereocenters. The standard InChI is InChI=1S/C13H18F3NO/c1-9(8-13(14,15)16)17-10(2)11-6-4-5-7-12(11)18-3/h4-7,9-10,17H,8H2,1-3H3. The molecule has 0 radical (unpaired) electrons. The Kier molecular flexibility index (Phi) is 5.02. The SMILES string of the molecule is COc1ccccc1C(C)NC(C)CC(F)(F)F. The number of alkyl halides is 3. The Bertz CT molecular complexity index is 379. The Morgan fingerprint density at radius 2 is 1.83 bits per heavy atom. The number of rotatable bonds is 5. The molecule has 0 bridgehead atoms. The second kappa shape index (κ2) is 6.09. The molecule has 1 aromatic rings. The van der Waals surface area contributed by atoms with Gasteiger partial charge in [-0.15, -0.1) is 0 Å². The lowest BCUT2D eigenvalue weighted by molar-refractivity contribution is -0.139. The van der Waals surface area contributed by atoms with E-state index in [-0.39, 0.29) is 6.04 Å². The van der Waals surface area contributed by atoms with Crippen LogP contribution in [0.4, 0.5) is 13.2 Å². The maximum absolute atomic E-state index is 12.2. The zero-order valence-electron chi connectivity index (χ0n) is 10.7. The molecule has 1 aromatic carbocycles. The number of nitrogens with one attached hydrogen (secondary N) is 1. The van der Waals surface area contributed by atoms with Gasteiger partial charge in [0, 0.05) is 17.6 Å². The lowest BCUT2D eigenvalue weighted by Gasteiger charge is -2.22. The summed E-state index contributed by atoms with van der Waals surface area (Å²) >= 11 is 0. The van der Waals surface area contributed by atoms with Crippen molar-refractivity contribution < 1.29 is 17.9 Å².